The molecule has 160 valence electrons. The lowest BCUT2D eigenvalue weighted by Gasteiger charge is -2.28. The Morgan fingerprint density at radius 3 is 1.86 bits per heavy atom. The van der Waals surface area contributed by atoms with Gasteiger partial charge < -0.3 is 4.74 Å². The van der Waals surface area contributed by atoms with Gasteiger partial charge in [0, 0.05) is 7.26 Å². The van der Waals surface area contributed by atoms with Crippen LogP contribution in [0.2, 0.25) is 0 Å². The number of carbonyl (C=O) groups excluding carboxylic acids is 1. The van der Waals surface area contributed by atoms with Crippen LogP contribution in [0.5, 0.6) is 0 Å². The maximum absolute atomic E-state index is 14.7. The Morgan fingerprint density at radius 2 is 1.46 bits per heavy atom. The summed E-state index contributed by atoms with van der Waals surface area (Å²) >= 11 is 0. The van der Waals surface area contributed by atoms with Gasteiger partial charge in [0.2, 0.25) is 0 Å². The molecule has 0 unspecified atom stereocenters. The van der Waals surface area contributed by atoms with Crippen LogP contribution in [0.25, 0.3) is 0 Å². The van der Waals surface area contributed by atoms with E-state index in [1.807, 2.05) is 6.07 Å². The molecule has 1 aromatic carbocycles. The molecule has 0 atom stereocenters. The second kappa shape index (κ2) is 11.9. The highest BCUT2D eigenvalue weighted by molar-refractivity contribution is 7.75. The van der Waals surface area contributed by atoms with Crippen molar-refractivity contribution in [3.63, 3.8) is 0 Å². The zero-order chi connectivity index (χ0) is 21.2. The Hall–Kier alpha value is -0.950. The van der Waals surface area contributed by atoms with Gasteiger partial charge in [-0.05, 0) is 57.7 Å². The molecular weight excluding hydrogens is 370 g/mol. The van der Waals surface area contributed by atoms with E-state index in [-0.39, 0.29) is 5.56 Å². The van der Waals surface area contributed by atoms with E-state index in [0.717, 1.165) is 11.7 Å². The number of halogens is 1. The summed E-state index contributed by atoms with van der Waals surface area (Å²) in [6.45, 7) is 12.2. The van der Waals surface area contributed by atoms with Crippen LogP contribution in [0, 0.1) is 5.82 Å². The molecule has 0 aliphatic carbocycles. The molecule has 0 radical (unpaired) electrons. The number of unbranched alkanes of at least 4 members (excludes halogenated alkanes) is 3. The van der Waals surface area contributed by atoms with Crippen LogP contribution in [-0.2, 0) is 10.9 Å². The molecule has 0 bridgehead atoms. The van der Waals surface area contributed by atoms with E-state index in [0.29, 0.717) is 0 Å². The first-order chi connectivity index (χ1) is 13.2. The van der Waals surface area contributed by atoms with Crippen LogP contribution in [0.15, 0.2) is 18.2 Å². The van der Waals surface area contributed by atoms with E-state index in [1.165, 1.54) is 57.0 Å². The predicted molar refractivity (Wildman–Crippen MR) is 122 cm³/mol. The van der Waals surface area contributed by atoms with Gasteiger partial charge in [-0.2, -0.15) is 0 Å². The van der Waals surface area contributed by atoms with E-state index >= 15 is 0 Å². The summed E-state index contributed by atoms with van der Waals surface area (Å²) in [4.78, 5) is 12.2. The zero-order valence-corrected chi connectivity index (χ0v) is 19.8. The van der Waals surface area contributed by atoms with Gasteiger partial charge >= 0.3 is 5.97 Å². The van der Waals surface area contributed by atoms with Gasteiger partial charge in [0.15, 0.2) is 0 Å². The fourth-order valence-corrected chi connectivity index (χ4v) is 8.67. The highest BCUT2D eigenvalue weighted by atomic mass is 31.2. The van der Waals surface area contributed by atoms with Gasteiger partial charge in [-0.1, -0.05) is 46.1 Å². The van der Waals surface area contributed by atoms with Gasteiger partial charge in [-0.3, -0.25) is 0 Å². The Kier molecular flexibility index (Phi) is 10.7. The van der Waals surface area contributed by atoms with E-state index in [9.17, 15) is 9.18 Å². The van der Waals surface area contributed by atoms with Crippen LogP contribution >= 0.6 is 7.26 Å². The van der Waals surface area contributed by atoms with Crippen molar-refractivity contribution in [2.45, 2.75) is 91.8 Å². The molecule has 0 spiro atoms. The Labute approximate surface area is 173 Å². The molecule has 0 aliphatic heterocycles. The second-order valence-corrected chi connectivity index (χ2v) is 13.4. The fourth-order valence-electron chi connectivity index (χ4n) is 3.60. The topological polar surface area (TPSA) is 26.3 Å². The summed E-state index contributed by atoms with van der Waals surface area (Å²) in [5.41, 5.74) is 0.461. The summed E-state index contributed by atoms with van der Waals surface area (Å²) in [6, 6.07) is 5.14. The minimum Gasteiger partial charge on any atom is -0.456 e. The van der Waals surface area contributed by atoms with Gasteiger partial charge in [-0.15, -0.1) is 0 Å². The maximum Gasteiger partial charge on any atom is 0.341 e. The number of hydrogen-bond acceptors (Lipinski definition) is 2. The molecule has 0 saturated heterocycles. The van der Waals surface area contributed by atoms with Crippen molar-refractivity contribution in [1.29, 1.82) is 0 Å². The van der Waals surface area contributed by atoms with Crippen molar-refractivity contribution >= 4 is 13.2 Å². The molecule has 1 aromatic rings. The third-order valence-corrected chi connectivity index (χ3v) is 9.96. The second-order valence-electron chi connectivity index (χ2n) is 9.05. The van der Waals surface area contributed by atoms with Gasteiger partial charge in [0.1, 0.15) is 11.4 Å². The van der Waals surface area contributed by atoms with Gasteiger partial charge in [0.25, 0.3) is 0 Å². The predicted octanol–water partition coefficient (Wildman–Crippen LogP) is 7.70. The fraction of sp³-hybridized carbons (Fsp3) is 0.708. The summed E-state index contributed by atoms with van der Waals surface area (Å²) in [6.07, 6.45) is 12.3. The van der Waals surface area contributed by atoms with Crippen molar-refractivity contribution in [3.8, 4) is 0 Å². The lowest BCUT2D eigenvalue weighted by molar-refractivity contribution is 0.00647. The third kappa shape index (κ3) is 8.60. The number of ether oxygens (including phenoxy) is 1. The molecule has 0 fully saturated rings. The van der Waals surface area contributed by atoms with Crippen molar-refractivity contribution in [1.82, 2.24) is 0 Å². The third-order valence-electron chi connectivity index (χ3n) is 5.13. The Balaban J connectivity index is 3.06. The van der Waals surface area contributed by atoms with Crippen molar-refractivity contribution in [2.24, 2.45) is 0 Å². The molecule has 4 heteroatoms. The first kappa shape index (κ1) is 25.1. The lowest BCUT2D eigenvalue weighted by atomic mass is 10.1. The molecule has 0 aromatic heterocycles. The molecule has 1 rings (SSSR count). The van der Waals surface area contributed by atoms with Crippen LogP contribution in [0.1, 0.15) is 96.0 Å². The minimum atomic E-state index is -1.14. The number of rotatable bonds is 12. The molecule has 2 nitrogen and oxygen atoms in total. The smallest absolute Gasteiger partial charge is 0.341 e. The normalized spacial score (nSPS) is 12.2. The van der Waals surface area contributed by atoms with Crippen LogP contribution in [-0.4, -0.2) is 30.1 Å². The zero-order valence-electron chi connectivity index (χ0n) is 18.9. The number of esters is 1. The molecule has 0 aliphatic rings. The van der Waals surface area contributed by atoms with Crippen molar-refractivity contribution in [3.05, 3.63) is 35.1 Å². The molecule has 0 amide bonds. The highest BCUT2D eigenvalue weighted by Gasteiger charge is 2.36. The SMILES string of the molecule is CCCC[P+](CCCC)(CCCC)Cc1ccc(C(=O)OC(C)(C)C)c(F)c1. The average molecular weight is 412 g/mol. The van der Waals surface area contributed by atoms with E-state index in [4.69, 9.17) is 4.74 Å². The van der Waals surface area contributed by atoms with Crippen LogP contribution in [0.3, 0.4) is 0 Å². The number of hydrogen-bond donors (Lipinski definition) is 0. The maximum atomic E-state index is 14.7. The van der Waals surface area contributed by atoms with E-state index < -0.39 is 24.7 Å². The van der Waals surface area contributed by atoms with Gasteiger partial charge in [-0.25, -0.2) is 9.18 Å². The first-order valence-electron chi connectivity index (χ1n) is 11.0. The average Bonchev–Trinajstić information content (AvgIpc) is 2.61. The van der Waals surface area contributed by atoms with Gasteiger partial charge in [0.05, 0.1) is 30.2 Å². The summed E-state index contributed by atoms with van der Waals surface area (Å²) in [5, 5.41) is 0. The largest absolute Gasteiger partial charge is 0.456 e. The lowest BCUT2D eigenvalue weighted by Crippen LogP contribution is -2.24. The minimum absolute atomic E-state index is 0.0401. The summed E-state index contributed by atoms with van der Waals surface area (Å²) < 4.78 is 20.1. The van der Waals surface area contributed by atoms with E-state index in [2.05, 4.69) is 20.8 Å². The summed E-state index contributed by atoms with van der Waals surface area (Å²) in [7, 11) is -1.14. The molecular formula is C24H41FO2P+. The van der Waals surface area contributed by atoms with E-state index in [1.54, 1.807) is 32.9 Å². The van der Waals surface area contributed by atoms with Crippen LogP contribution < -0.4 is 0 Å². The van der Waals surface area contributed by atoms with Crippen molar-refractivity contribution in [2.75, 3.05) is 18.5 Å². The Bertz CT molecular complexity index is 585. The first-order valence-corrected chi connectivity index (χ1v) is 13.6. The molecule has 0 saturated carbocycles. The van der Waals surface area contributed by atoms with Crippen molar-refractivity contribution < 1.29 is 13.9 Å². The quantitative estimate of drug-likeness (QED) is 0.260. The monoisotopic (exact) mass is 411 g/mol. The highest BCUT2D eigenvalue weighted by Crippen LogP contribution is 2.63. The number of benzene rings is 1. The Morgan fingerprint density at radius 1 is 0.964 bits per heavy atom. The standard InChI is InChI=1S/C24H41FO2P/c1-7-10-15-28(16-11-8-2,17-12-9-3)19-20-13-14-21(22(25)18-20)23(26)27-24(4,5)6/h13-14,18H,7-12,15-17,19H2,1-6H3/q+1. The molecule has 0 N–H and O–H groups in total. The summed E-state index contributed by atoms with van der Waals surface area (Å²) in [5.74, 6) is -1.04. The molecule has 28 heavy (non-hydrogen) atoms. The molecule has 0 heterocycles. The number of carbonyl (C=O) groups is 1. The van der Waals surface area contributed by atoms with Crippen LogP contribution in [0.4, 0.5) is 4.39 Å².